The number of benzene rings is 3. The van der Waals surface area contributed by atoms with E-state index in [1.807, 2.05) is 0 Å². The third-order valence-corrected chi connectivity index (χ3v) is 7.34. The third-order valence-electron chi connectivity index (χ3n) is 7.34. The summed E-state index contributed by atoms with van der Waals surface area (Å²) in [6.07, 6.45) is 2.60. The van der Waals surface area contributed by atoms with Crippen LogP contribution in [0.2, 0.25) is 6.32 Å². The number of rotatable bonds is 6. The van der Waals surface area contributed by atoms with Crippen molar-refractivity contribution in [3.05, 3.63) is 106 Å². The Bertz CT molecular complexity index is 993. The van der Waals surface area contributed by atoms with Gasteiger partial charge in [0.25, 0.3) is 0 Å². The lowest BCUT2D eigenvalue weighted by molar-refractivity contribution is 0.479. The van der Waals surface area contributed by atoms with Crippen molar-refractivity contribution >= 4 is 7.85 Å². The molecule has 184 valence electrons. The quantitative estimate of drug-likeness (QED) is 0.252. The van der Waals surface area contributed by atoms with E-state index in [0.29, 0.717) is 6.32 Å². The number of hydrogen-bond donors (Lipinski definition) is 0. The van der Waals surface area contributed by atoms with Gasteiger partial charge in [0.05, 0.1) is 7.85 Å². The lowest BCUT2D eigenvalue weighted by atomic mass is 9.58. The minimum absolute atomic E-state index is 0.0118. The van der Waals surface area contributed by atoms with Crippen LogP contribution in [0, 0.1) is 0 Å². The summed E-state index contributed by atoms with van der Waals surface area (Å²) in [7, 11) is 6.24. The third kappa shape index (κ3) is 5.45. The van der Waals surface area contributed by atoms with Gasteiger partial charge < -0.3 is 0 Å². The molecule has 0 saturated carbocycles. The summed E-state index contributed by atoms with van der Waals surface area (Å²) >= 11 is 0. The molecule has 0 aliphatic carbocycles. The second-order valence-electron chi connectivity index (χ2n) is 13.2. The Morgan fingerprint density at radius 1 is 0.457 bits per heavy atom. The predicted octanol–water partition coefficient (Wildman–Crippen LogP) is 9.28. The van der Waals surface area contributed by atoms with Crippen molar-refractivity contribution in [3.8, 4) is 0 Å². The minimum Gasteiger partial charge on any atom is -0.0886 e. The predicted molar refractivity (Wildman–Crippen MR) is 155 cm³/mol. The lowest BCUT2D eigenvalue weighted by Crippen LogP contribution is -2.37. The van der Waals surface area contributed by atoms with Gasteiger partial charge in [-0.05, 0) is 56.0 Å². The average Bonchev–Trinajstić information content (AvgIpc) is 2.78. The summed E-state index contributed by atoms with van der Waals surface area (Å²) in [6, 6.07) is 27.4. The van der Waals surface area contributed by atoms with Crippen molar-refractivity contribution in [2.24, 2.45) is 0 Å². The van der Waals surface area contributed by atoms with Crippen LogP contribution in [-0.2, 0) is 21.7 Å². The molecule has 0 aromatic heterocycles. The summed E-state index contributed by atoms with van der Waals surface area (Å²) in [5.41, 5.74) is 8.18. The molecule has 0 saturated heterocycles. The van der Waals surface area contributed by atoms with Crippen LogP contribution < -0.4 is 0 Å². The van der Waals surface area contributed by atoms with Crippen molar-refractivity contribution < 1.29 is 0 Å². The molecule has 0 unspecified atom stereocenters. The van der Waals surface area contributed by atoms with Crippen LogP contribution in [0.15, 0.2) is 72.8 Å². The fourth-order valence-corrected chi connectivity index (χ4v) is 5.73. The van der Waals surface area contributed by atoms with Crippen molar-refractivity contribution in [2.45, 2.75) is 103 Å². The van der Waals surface area contributed by atoms with E-state index in [-0.39, 0.29) is 21.7 Å². The minimum atomic E-state index is -0.309. The Labute approximate surface area is 217 Å². The van der Waals surface area contributed by atoms with Crippen LogP contribution in [0.1, 0.15) is 109 Å². The second-order valence-corrected chi connectivity index (χ2v) is 13.2. The number of hydrogen-bond acceptors (Lipinski definition) is 0. The molecule has 0 nitrogen and oxygen atoms in total. The first-order valence-corrected chi connectivity index (χ1v) is 13.2. The molecule has 0 aliphatic heterocycles. The highest BCUT2D eigenvalue weighted by molar-refractivity contribution is 6.08. The van der Waals surface area contributed by atoms with Crippen molar-refractivity contribution in [1.29, 1.82) is 0 Å². The van der Waals surface area contributed by atoms with Gasteiger partial charge in [-0.15, -0.1) is 0 Å². The first kappa shape index (κ1) is 27.3. The molecule has 2 radical (unpaired) electrons. The molecule has 0 atom stereocenters. The highest BCUT2D eigenvalue weighted by Gasteiger charge is 2.43. The van der Waals surface area contributed by atoms with E-state index in [1.54, 1.807) is 0 Å². The van der Waals surface area contributed by atoms with Gasteiger partial charge >= 0.3 is 0 Å². The van der Waals surface area contributed by atoms with Gasteiger partial charge in [0.1, 0.15) is 0 Å². The zero-order valence-corrected chi connectivity index (χ0v) is 23.6. The first-order chi connectivity index (χ1) is 16.2. The monoisotopic (exact) mass is 464 g/mol. The molecule has 0 heterocycles. The van der Waals surface area contributed by atoms with Crippen LogP contribution >= 0.6 is 0 Å². The topological polar surface area (TPSA) is 0 Å². The lowest BCUT2D eigenvalue weighted by Gasteiger charge is -2.44. The zero-order chi connectivity index (χ0) is 26.1. The first-order valence-electron chi connectivity index (χ1n) is 13.2. The Hall–Kier alpha value is -2.28. The summed E-state index contributed by atoms with van der Waals surface area (Å²) < 4.78 is 0. The Morgan fingerprint density at radius 2 is 0.714 bits per heavy atom. The molecule has 3 rings (SSSR count). The van der Waals surface area contributed by atoms with Crippen LogP contribution in [0.5, 0.6) is 0 Å². The molecule has 0 N–H and O–H groups in total. The maximum Gasteiger partial charge on any atom is 0.0653 e. The van der Waals surface area contributed by atoms with Crippen LogP contribution in [-0.4, -0.2) is 7.85 Å². The molecule has 0 bridgehead atoms. The van der Waals surface area contributed by atoms with Gasteiger partial charge in [0.2, 0.25) is 0 Å². The van der Waals surface area contributed by atoms with Gasteiger partial charge in [-0.25, -0.2) is 0 Å². The fourth-order valence-electron chi connectivity index (χ4n) is 5.73. The van der Waals surface area contributed by atoms with Crippen molar-refractivity contribution in [2.75, 3.05) is 0 Å². The molecule has 1 heteroatoms. The van der Waals surface area contributed by atoms with E-state index in [9.17, 15) is 0 Å². The maximum absolute atomic E-state index is 6.24. The standard InChI is InChI=1S/C34H45B/c1-31(2,3)25-17-10-13-20-28(25)34(23-16-24-35,29-21-14-11-18-26(29)32(4,5)6)30-22-15-12-19-27(30)33(7,8)9/h10-15,17-22H,16,23-24H2,1-9H3. The Morgan fingerprint density at radius 3 is 0.943 bits per heavy atom. The fraction of sp³-hybridized carbons (Fsp3) is 0.471. The van der Waals surface area contributed by atoms with Crippen LogP contribution in [0.3, 0.4) is 0 Å². The Kier molecular flexibility index (Phi) is 7.80. The summed E-state index contributed by atoms with van der Waals surface area (Å²) in [4.78, 5) is 0. The highest BCUT2D eigenvalue weighted by atomic mass is 14.5. The Balaban J connectivity index is 2.63. The average molecular weight is 465 g/mol. The zero-order valence-electron chi connectivity index (χ0n) is 23.6. The molecule has 0 aliphatic rings. The van der Waals surface area contributed by atoms with E-state index in [2.05, 4.69) is 135 Å². The molecule has 0 fully saturated rings. The molecule has 0 amide bonds. The summed E-state index contributed by atoms with van der Waals surface area (Å²) in [5.74, 6) is 0. The SMILES string of the molecule is [B]CCCC(c1ccccc1C(C)(C)C)(c1ccccc1C(C)(C)C)c1ccccc1C(C)(C)C. The highest BCUT2D eigenvalue weighted by Crippen LogP contribution is 2.51. The summed E-state index contributed by atoms with van der Waals surface area (Å²) in [6.45, 7) is 21.0. The van der Waals surface area contributed by atoms with E-state index in [4.69, 9.17) is 7.85 Å². The van der Waals surface area contributed by atoms with E-state index < -0.39 is 0 Å². The van der Waals surface area contributed by atoms with Crippen LogP contribution in [0.4, 0.5) is 0 Å². The van der Waals surface area contributed by atoms with Gasteiger partial charge in [-0.1, -0.05) is 148 Å². The van der Waals surface area contributed by atoms with Crippen molar-refractivity contribution in [1.82, 2.24) is 0 Å². The smallest absolute Gasteiger partial charge is 0.0653 e. The molecule has 3 aromatic carbocycles. The molecular formula is C34H45B. The molecule has 35 heavy (non-hydrogen) atoms. The second kappa shape index (κ2) is 10.0. The molecule has 0 spiro atoms. The van der Waals surface area contributed by atoms with Gasteiger partial charge in [-0.3, -0.25) is 0 Å². The largest absolute Gasteiger partial charge is 0.0886 e. The van der Waals surface area contributed by atoms with Crippen LogP contribution in [0.25, 0.3) is 0 Å². The molecular weight excluding hydrogens is 419 g/mol. The van der Waals surface area contributed by atoms with E-state index in [1.165, 1.54) is 33.4 Å². The normalized spacial score (nSPS) is 13.2. The van der Waals surface area contributed by atoms with E-state index >= 15 is 0 Å². The van der Waals surface area contributed by atoms with Gasteiger partial charge in [0, 0.05) is 5.41 Å². The van der Waals surface area contributed by atoms with Gasteiger partial charge in [-0.2, -0.15) is 0 Å². The summed E-state index contributed by atoms with van der Waals surface area (Å²) in [5, 5.41) is 0. The molecule has 3 aromatic rings. The van der Waals surface area contributed by atoms with E-state index in [0.717, 1.165) is 12.8 Å². The van der Waals surface area contributed by atoms with Crippen molar-refractivity contribution in [3.63, 3.8) is 0 Å². The maximum atomic E-state index is 6.24. The van der Waals surface area contributed by atoms with Gasteiger partial charge in [0.15, 0.2) is 0 Å².